The van der Waals surface area contributed by atoms with Crippen molar-refractivity contribution < 1.29 is 9.90 Å². The van der Waals surface area contributed by atoms with Gasteiger partial charge in [0.2, 0.25) is 0 Å². The lowest BCUT2D eigenvalue weighted by molar-refractivity contribution is -0.137. The molecule has 58 valence electrons. The molecule has 0 heterocycles. The van der Waals surface area contributed by atoms with Crippen molar-refractivity contribution in [2.24, 2.45) is 5.73 Å². The first-order chi connectivity index (χ1) is 4.59. The van der Waals surface area contributed by atoms with Crippen molar-refractivity contribution in [3.05, 3.63) is 12.2 Å². The summed E-state index contributed by atoms with van der Waals surface area (Å²) in [5, 5.41) is 8.39. The summed E-state index contributed by atoms with van der Waals surface area (Å²) in [4.78, 5) is 10.2. The van der Waals surface area contributed by atoms with Gasteiger partial charge < -0.3 is 10.8 Å². The van der Waals surface area contributed by atoms with Gasteiger partial charge in [0, 0.05) is 0 Å². The Morgan fingerprint density at radius 1 is 1.80 bits per heavy atom. The summed E-state index contributed by atoms with van der Waals surface area (Å²) in [6, 6.07) is -0.889. The Balaban J connectivity index is 3.82. The predicted molar refractivity (Wildman–Crippen MR) is 39.7 cm³/mol. The van der Waals surface area contributed by atoms with Crippen LogP contribution in [0.2, 0.25) is 0 Å². The number of carboxylic acid groups (broad SMARTS) is 1. The van der Waals surface area contributed by atoms with Gasteiger partial charge in [-0.1, -0.05) is 19.9 Å². The van der Waals surface area contributed by atoms with E-state index in [4.69, 9.17) is 10.8 Å². The van der Waals surface area contributed by atoms with E-state index in [0.717, 1.165) is 6.42 Å². The van der Waals surface area contributed by atoms with Crippen LogP contribution in [0.3, 0.4) is 0 Å². The van der Waals surface area contributed by atoms with Gasteiger partial charge >= 0.3 is 5.97 Å². The molecule has 3 nitrogen and oxygen atoms in total. The normalized spacial score (nSPS) is 12.6. The molecule has 10 heavy (non-hydrogen) atoms. The first-order valence-corrected chi connectivity index (χ1v) is 3.25. The minimum absolute atomic E-state index is 0.593. The fourth-order valence-electron chi connectivity index (χ4n) is 0.651. The zero-order valence-corrected chi connectivity index (χ0v) is 6.13. The summed E-state index contributed by atoms with van der Waals surface area (Å²) < 4.78 is 0. The van der Waals surface area contributed by atoms with Crippen molar-refractivity contribution in [1.29, 1.82) is 0 Å². The fourth-order valence-corrected chi connectivity index (χ4v) is 0.651. The number of aliphatic carboxylic acids is 1. The van der Waals surface area contributed by atoms with E-state index in [1.807, 2.05) is 6.92 Å². The van der Waals surface area contributed by atoms with Crippen LogP contribution in [0, 0.1) is 0 Å². The second-order valence-electron chi connectivity index (χ2n) is 2.22. The molecular formula is C7H13NO2. The smallest absolute Gasteiger partial charge is 0.324 e. The largest absolute Gasteiger partial charge is 0.480 e. The Morgan fingerprint density at radius 3 is 2.60 bits per heavy atom. The summed E-state index contributed by atoms with van der Waals surface area (Å²) in [6.45, 7) is 5.52. The molecule has 0 aromatic rings. The SMILES string of the molecule is C=C(CCC)C(N)C(=O)O. The van der Waals surface area contributed by atoms with Gasteiger partial charge in [-0.2, -0.15) is 0 Å². The average molecular weight is 143 g/mol. The van der Waals surface area contributed by atoms with Gasteiger partial charge in [0.05, 0.1) is 0 Å². The van der Waals surface area contributed by atoms with Gasteiger partial charge in [0.25, 0.3) is 0 Å². The third kappa shape index (κ3) is 2.64. The summed E-state index contributed by atoms with van der Waals surface area (Å²) in [5.74, 6) is -1.00. The Kier molecular flexibility index (Phi) is 3.72. The summed E-state index contributed by atoms with van der Waals surface area (Å²) in [6.07, 6.45) is 1.58. The van der Waals surface area contributed by atoms with Gasteiger partial charge in [-0.3, -0.25) is 4.79 Å². The molecule has 0 aromatic heterocycles. The van der Waals surface area contributed by atoms with Crippen molar-refractivity contribution in [2.75, 3.05) is 0 Å². The van der Waals surface area contributed by atoms with Gasteiger partial charge in [-0.05, 0) is 12.0 Å². The van der Waals surface area contributed by atoms with Gasteiger partial charge in [0.1, 0.15) is 6.04 Å². The quantitative estimate of drug-likeness (QED) is 0.571. The molecule has 1 atom stereocenters. The molecule has 3 heteroatoms. The van der Waals surface area contributed by atoms with Crippen LogP contribution in [0.15, 0.2) is 12.2 Å². The van der Waals surface area contributed by atoms with Crippen LogP contribution in [0.5, 0.6) is 0 Å². The van der Waals surface area contributed by atoms with Crippen LogP contribution in [-0.4, -0.2) is 17.1 Å². The summed E-state index contributed by atoms with van der Waals surface area (Å²) >= 11 is 0. The maximum Gasteiger partial charge on any atom is 0.324 e. The highest BCUT2D eigenvalue weighted by Crippen LogP contribution is 2.04. The van der Waals surface area contributed by atoms with Crippen LogP contribution in [0.1, 0.15) is 19.8 Å². The zero-order valence-electron chi connectivity index (χ0n) is 6.13. The van der Waals surface area contributed by atoms with E-state index in [2.05, 4.69) is 6.58 Å². The van der Waals surface area contributed by atoms with Crippen LogP contribution < -0.4 is 5.73 Å². The molecule has 0 rings (SSSR count). The average Bonchev–Trinajstić information content (AvgIpc) is 1.87. The van der Waals surface area contributed by atoms with Crippen LogP contribution >= 0.6 is 0 Å². The number of hydrogen-bond donors (Lipinski definition) is 2. The van der Waals surface area contributed by atoms with Crippen LogP contribution in [-0.2, 0) is 4.79 Å². The molecule has 0 amide bonds. The number of carbonyl (C=O) groups is 1. The van der Waals surface area contributed by atoms with Gasteiger partial charge in [-0.15, -0.1) is 0 Å². The molecule has 3 N–H and O–H groups in total. The minimum Gasteiger partial charge on any atom is -0.480 e. The predicted octanol–water partition coefficient (Wildman–Crippen LogP) is 0.755. The third-order valence-electron chi connectivity index (χ3n) is 1.28. The summed E-state index contributed by atoms with van der Waals surface area (Å²) in [7, 11) is 0. The van der Waals surface area contributed by atoms with E-state index in [-0.39, 0.29) is 0 Å². The van der Waals surface area contributed by atoms with E-state index in [0.29, 0.717) is 12.0 Å². The Morgan fingerprint density at radius 2 is 2.30 bits per heavy atom. The second kappa shape index (κ2) is 4.06. The number of hydrogen-bond acceptors (Lipinski definition) is 2. The highest BCUT2D eigenvalue weighted by Gasteiger charge is 2.13. The molecule has 0 aliphatic carbocycles. The fraction of sp³-hybridized carbons (Fsp3) is 0.571. The maximum absolute atomic E-state index is 10.2. The molecule has 0 radical (unpaired) electrons. The van der Waals surface area contributed by atoms with Crippen molar-refractivity contribution >= 4 is 5.97 Å². The molecule has 0 aromatic carbocycles. The Hall–Kier alpha value is -0.830. The van der Waals surface area contributed by atoms with E-state index < -0.39 is 12.0 Å². The van der Waals surface area contributed by atoms with E-state index in [9.17, 15) is 4.79 Å². The number of carboxylic acids is 1. The Labute approximate surface area is 60.5 Å². The molecule has 0 aliphatic heterocycles. The number of rotatable bonds is 4. The lowest BCUT2D eigenvalue weighted by atomic mass is 10.1. The minimum atomic E-state index is -1.00. The molecule has 0 aliphatic rings. The molecule has 0 saturated carbocycles. The van der Waals surface area contributed by atoms with Gasteiger partial charge in [-0.25, -0.2) is 0 Å². The first-order valence-electron chi connectivity index (χ1n) is 3.25. The van der Waals surface area contributed by atoms with E-state index in [1.165, 1.54) is 0 Å². The lowest BCUT2D eigenvalue weighted by Crippen LogP contribution is -2.31. The molecule has 0 bridgehead atoms. The molecule has 1 unspecified atom stereocenters. The van der Waals surface area contributed by atoms with Crippen molar-refractivity contribution in [3.63, 3.8) is 0 Å². The highest BCUT2D eigenvalue weighted by atomic mass is 16.4. The monoisotopic (exact) mass is 143 g/mol. The van der Waals surface area contributed by atoms with Crippen molar-refractivity contribution in [1.82, 2.24) is 0 Å². The van der Waals surface area contributed by atoms with Crippen molar-refractivity contribution in [3.8, 4) is 0 Å². The molecular weight excluding hydrogens is 130 g/mol. The van der Waals surface area contributed by atoms with Crippen LogP contribution in [0.4, 0.5) is 0 Å². The number of nitrogens with two attached hydrogens (primary N) is 1. The zero-order chi connectivity index (χ0) is 8.15. The standard InChI is InChI=1S/C7H13NO2/c1-3-4-5(2)6(8)7(9)10/h6H,2-4,8H2,1H3,(H,9,10). The molecule has 0 fully saturated rings. The van der Waals surface area contributed by atoms with Crippen LogP contribution in [0.25, 0.3) is 0 Å². The Bertz CT molecular complexity index is 143. The van der Waals surface area contributed by atoms with Crippen molar-refractivity contribution in [2.45, 2.75) is 25.8 Å². The third-order valence-corrected chi connectivity index (χ3v) is 1.28. The van der Waals surface area contributed by atoms with E-state index in [1.54, 1.807) is 0 Å². The van der Waals surface area contributed by atoms with Gasteiger partial charge in [0.15, 0.2) is 0 Å². The second-order valence-corrected chi connectivity index (χ2v) is 2.22. The maximum atomic E-state index is 10.2. The first kappa shape index (κ1) is 9.17. The topological polar surface area (TPSA) is 63.3 Å². The van der Waals surface area contributed by atoms with E-state index >= 15 is 0 Å². The molecule has 0 spiro atoms. The summed E-state index contributed by atoms with van der Waals surface area (Å²) in [5.41, 5.74) is 5.84. The molecule has 0 saturated heterocycles. The lowest BCUT2D eigenvalue weighted by Gasteiger charge is -2.07. The highest BCUT2D eigenvalue weighted by molar-refractivity contribution is 5.76.